The summed E-state index contributed by atoms with van der Waals surface area (Å²) in [7, 11) is 0. The van der Waals surface area contributed by atoms with Crippen LogP contribution >= 0.6 is 0 Å². The number of benzene rings is 6. The Bertz CT molecular complexity index is 2420. The minimum Gasteiger partial charge on any atom is -0.376 e. The minimum absolute atomic E-state index is 0.0238. The van der Waals surface area contributed by atoms with Crippen LogP contribution in [0, 0.1) is 6.92 Å². The van der Waals surface area contributed by atoms with Crippen LogP contribution in [0.15, 0.2) is 121 Å². The highest BCUT2D eigenvalue weighted by atomic mass is 15.2. The third-order valence-electron chi connectivity index (χ3n) is 12.9. The molecule has 0 aromatic heterocycles. The van der Waals surface area contributed by atoms with Crippen LogP contribution in [-0.4, -0.2) is 6.85 Å². The van der Waals surface area contributed by atoms with E-state index < -0.39 is 0 Å². The molecular formula is C48H45BN2. The van der Waals surface area contributed by atoms with E-state index >= 15 is 0 Å². The van der Waals surface area contributed by atoms with Crippen LogP contribution in [0.3, 0.4) is 0 Å². The van der Waals surface area contributed by atoms with E-state index in [2.05, 4.69) is 180 Å². The van der Waals surface area contributed by atoms with Gasteiger partial charge in [0.2, 0.25) is 0 Å². The Hall–Kier alpha value is -5.02. The van der Waals surface area contributed by atoms with Crippen LogP contribution in [-0.2, 0) is 16.2 Å². The van der Waals surface area contributed by atoms with Crippen molar-refractivity contribution in [2.24, 2.45) is 0 Å². The molecule has 0 bridgehead atoms. The van der Waals surface area contributed by atoms with Gasteiger partial charge < -0.3 is 9.71 Å². The van der Waals surface area contributed by atoms with Gasteiger partial charge in [0.25, 0.3) is 0 Å². The van der Waals surface area contributed by atoms with E-state index in [1.165, 1.54) is 102 Å². The fourth-order valence-electron chi connectivity index (χ4n) is 10.0. The molecule has 0 spiro atoms. The first-order valence-electron chi connectivity index (χ1n) is 18.8. The Kier molecular flexibility index (Phi) is 6.21. The predicted octanol–water partition coefficient (Wildman–Crippen LogP) is 11.4. The number of fused-ring (bicyclic) bond motifs is 7. The van der Waals surface area contributed by atoms with Crippen molar-refractivity contribution in [3.8, 4) is 22.3 Å². The number of nitrogens with zero attached hydrogens (tertiary/aromatic N) is 2. The summed E-state index contributed by atoms with van der Waals surface area (Å²) in [5.41, 5.74) is 21.7. The van der Waals surface area contributed by atoms with Crippen LogP contribution in [0.4, 0.5) is 28.4 Å². The lowest BCUT2D eigenvalue weighted by Gasteiger charge is -2.51. The number of rotatable bonds is 2. The first-order valence-corrected chi connectivity index (χ1v) is 18.8. The Morgan fingerprint density at radius 3 is 1.92 bits per heavy atom. The molecule has 0 amide bonds. The average molecular weight is 661 g/mol. The number of hydrogen-bond acceptors (Lipinski definition) is 2. The number of anilines is 5. The zero-order valence-electron chi connectivity index (χ0n) is 30.9. The first kappa shape index (κ1) is 30.8. The van der Waals surface area contributed by atoms with Gasteiger partial charge in [-0.05, 0) is 122 Å². The van der Waals surface area contributed by atoms with Gasteiger partial charge >= 0.3 is 6.85 Å². The normalized spacial score (nSPS) is 17.9. The van der Waals surface area contributed by atoms with E-state index in [-0.39, 0.29) is 23.1 Å². The van der Waals surface area contributed by atoms with Crippen molar-refractivity contribution in [2.75, 3.05) is 9.71 Å². The third-order valence-corrected chi connectivity index (χ3v) is 12.9. The summed E-state index contributed by atoms with van der Waals surface area (Å²) < 4.78 is 0. The summed E-state index contributed by atoms with van der Waals surface area (Å²) in [6.07, 6.45) is 2.39. The van der Waals surface area contributed by atoms with Crippen molar-refractivity contribution in [3.63, 3.8) is 0 Å². The lowest BCUT2D eigenvalue weighted by Crippen LogP contribution is -2.62. The van der Waals surface area contributed by atoms with Gasteiger partial charge in [0.05, 0.1) is 5.69 Å². The molecule has 4 aliphatic rings. The highest BCUT2D eigenvalue weighted by Gasteiger charge is 2.50. The SMILES string of the molecule is Cc1cc2c3c(c1)N1c4ccccc4C(C)(C)c4cccc(c41)B3N(c1ccc(-c3ccccc3)cc1)c1cc3c(cc1-2)C(C)(C)CCC3(C)C. The second-order valence-corrected chi connectivity index (χ2v) is 17.3. The van der Waals surface area contributed by atoms with Crippen molar-refractivity contribution >= 4 is 46.2 Å². The molecule has 51 heavy (non-hydrogen) atoms. The molecule has 6 aromatic carbocycles. The van der Waals surface area contributed by atoms with Crippen molar-refractivity contribution < 1.29 is 0 Å². The molecule has 0 saturated carbocycles. The maximum absolute atomic E-state index is 2.70. The maximum atomic E-state index is 2.70. The Labute approximate surface area is 303 Å². The van der Waals surface area contributed by atoms with Crippen LogP contribution < -0.4 is 20.6 Å². The highest BCUT2D eigenvalue weighted by molar-refractivity contribution is 6.93. The Balaban J connectivity index is 1.31. The average Bonchev–Trinajstić information content (AvgIpc) is 3.13. The second kappa shape index (κ2) is 10.3. The highest BCUT2D eigenvalue weighted by Crippen LogP contribution is 2.56. The zero-order valence-corrected chi connectivity index (χ0v) is 30.9. The lowest BCUT2D eigenvalue weighted by atomic mass is 9.42. The van der Waals surface area contributed by atoms with Gasteiger partial charge in [-0.25, -0.2) is 0 Å². The molecule has 0 unspecified atom stereocenters. The second-order valence-electron chi connectivity index (χ2n) is 17.3. The molecule has 3 heteroatoms. The third kappa shape index (κ3) is 4.18. The smallest absolute Gasteiger partial charge is 0.333 e. The molecule has 0 radical (unpaired) electrons. The van der Waals surface area contributed by atoms with Gasteiger partial charge in [-0.15, -0.1) is 0 Å². The van der Waals surface area contributed by atoms with Crippen LogP contribution in [0.5, 0.6) is 0 Å². The van der Waals surface area contributed by atoms with Gasteiger partial charge in [-0.3, -0.25) is 0 Å². The number of para-hydroxylation sites is 2. The largest absolute Gasteiger partial charge is 0.376 e. The molecule has 3 aliphatic heterocycles. The molecule has 0 N–H and O–H groups in total. The van der Waals surface area contributed by atoms with Gasteiger partial charge in [0.15, 0.2) is 0 Å². The van der Waals surface area contributed by atoms with Crippen LogP contribution in [0.1, 0.15) is 82.2 Å². The molecule has 2 nitrogen and oxygen atoms in total. The predicted molar refractivity (Wildman–Crippen MR) is 218 cm³/mol. The van der Waals surface area contributed by atoms with E-state index in [1.54, 1.807) is 0 Å². The first-order chi connectivity index (χ1) is 24.5. The molecule has 3 heterocycles. The summed E-state index contributed by atoms with van der Waals surface area (Å²) in [5, 5.41) is 0. The molecule has 0 saturated heterocycles. The fourth-order valence-corrected chi connectivity index (χ4v) is 10.0. The summed E-state index contributed by atoms with van der Waals surface area (Å²) in [5.74, 6) is 0. The summed E-state index contributed by atoms with van der Waals surface area (Å²) in [6, 6.07) is 46.4. The van der Waals surface area contributed by atoms with E-state index in [0.29, 0.717) is 0 Å². The summed E-state index contributed by atoms with van der Waals surface area (Å²) >= 11 is 0. The minimum atomic E-state index is -0.133. The van der Waals surface area contributed by atoms with Gasteiger partial charge in [-0.2, -0.15) is 0 Å². The topological polar surface area (TPSA) is 6.48 Å². The van der Waals surface area contributed by atoms with Crippen LogP contribution in [0.2, 0.25) is 0 Å². The number of hydrogen-bond donors (Lipinski definition) is 0. The summed E-state index contributed by atoms with van der Waals surface area (Å²) in [4.78, 5) is 5.31. The van der Waals surface area contributed by atoms with Crippen molar-refractivity contribution in [1.29, 1.82) is 0 Å². The molecule has 10 rings (SSSR count). The maximum Gasteiger partial charge on any atom is 0.333 e. The van der Waals surface area contributed by atoms with Crippen molar-refractivity contribution in [1.82, 2.24) is 0 Å². The van der Waals surface area contributed by atoms with Gasteiger partial charge in [-0.1, -0.05) is 126 Å². The van der Waals surface area contributed by atoms with E-state index in [9.17, 15) is 0 Å². The van der Waals surface area contributed by atoms with E-state index in [0.717, 1.165) is 0 Å². The molecule has 250 valence electrons. The van der Waals surface area contributed by atoms with Crippen molar-refractivity contribution in [2.45, 2.75) is 77.6 Å². The number of aryl methyl sites for hydroxylation is 1. The summed E-state index contributed by atoms with van der Waals surface area (Å²) in [6.45, 7) is 16.9. The molecular weight excluding hydrogens is 615 g/mol. The standard InChI is InChI=1S/C48H45BN2/c1-30-26-35-34-28-38-39(47(4,5)25-24-46(38,2)3)29-42(34)51(33-22-20-32(21-23-33)31-14-9-8-10-15-31)49-40-18-13-17-37-45(40)50(43(27-30)44(35)49)41-19-12-11-16-36(41)48(37,6)7/h8-23,26-29H,24-25H2,1-7H3. The zero-order chi connectivity index (χ0) is 35.0. The Morgan fingerprint density at radius 2 is 1.18 bits per heavy atom. The molecule has 0 fully saturated rings. The molecule has 1 aliphatic carbocycles. The fraction of sp³-hybridized carbons (Fsp3) is 0.250. The van der Waals surface area contributed by atoms with E-state index in [4.69, 9.17) is 0 Å². The quantitative estimate of drug-likeness (QED) is 0.171. The van der Waals surface area contributed by atoms with Crippen molar-refractivity contribution in [3.05, 3.63) is 149 Å². The van der Waals surface area contributed by atoms with Gasteiger partial charge in [0.1, 0.15) is 0 Å². The monoisotopic (exact) mass is 660 g/mol. The van der Waals surface area contributed by atoms with Gasteiger partial charge in [0, 0.05) is 33.7 Å². The molecule has 0 atom stereocenters. The Morgan fingerprint density at radius 1 is 0.529 bits per heavy atom. The van der Waals surface area contributed by atoms with Crippen LogP contribution in [0.25, 0.3) is 22.3 Å². The molecule has 6 aromatic rings. The lowest BCUT2D eigenvalue weighted by molar-refractivity contribution is 0.332. The van der Waals surface area contributed by atoms with E-state index in [1.807, 2.05) is 0 Å².